The van der Waals surface area contributed by atoms with Crippen LogP contribution in [0.25, 0.3) is 0 Å². The molecule has 1 aliphatic rings. The predicted octanol–water partition coefficient (Wildman–Crippen LogP) is 2.18. The Labute approximate surface area is 155 Å². The lowest BCUT2D eigenvalue weighted by Gasteiger charge is -2.22. The van der Waals surface area contributed by atoms with Gasteiger partial charge in [-0.25, -0.2) is 0 Å². The first-order chi connectivity index (χ1) is 12.5. The van der Waals surface area contributed by atoms with Crippen LogP contribution < -0.4 is 0 Å². The van der Waals surface area contributed by atoms with Gasteiger partial charge in [0.15, 0.2) is 0 Å². The van der Waals surface area contributed by atoms with Gasteiger partial charge in [0.1, 0.15) is 0 Å². The number of aryl methyl sites for hydroxylation is 2. The van der Waals surface area contributed by atoms with Crippen molar-refractivity contribution >= 4 is 11.8 Å². The van der Waals surface area contributed by atoms with Gasteiger partial charge in [0.25, 0.3) is 0 Å². The molecule has 138 valence electrons. The van der Waals surface area contributed by atoms with Crippen molar-refractivity contribution in [1.29, 1.82) is 0 Å². The number of carbonyl (C=O) groups is 2. The van der Waals surface area contributed by atoms with Gasteiger partial charge in [0.2, 0.25) is 11.8 Å². The molecule has 1 fully saturated rings. The highest BCUT2D eigenvalue weighted by atomic mass is 16.2. The Balaban J connectivity index is 1.55. The molecule has 1 aromatic carbocycles. The van der Waals surface area contributed by atoms with E-state index >= 15 is 0 Å². The van der Waals surface area contributed by atoms with Crippen molar-refractivity contribution < 1.29 is 9.59 Å². The van der Waals surface area contributed by atoms with E-state index in [9.17, 15) is 9.59 Å². The minimum atomic E-state index is 0.143. The van der Waals surface area contributed by atoms with Crippen LogP contribution in [0, 0.1) is 6.92 Å². The Bertz CT molecular complexity index is 781. The summed E-state index contributed by atoms with van der Waals surface area (Å²) in [7, 11) is 1.96. The van der Waals surface area contributed by atoms with Gasteiger partial charge < -0.3 is 14.4 Å². The lowest BCUT2D eigenvalue weighted by molar-refractivity contribution is -0.132. The average Bonchev–Trinajstić information content (AvgIpc) is 2.87. The number of amides is 2. The quantitative estimate of drug-likeness (QED) is 0.846. The molecule has 0 spiro atoms. The summed E-state index contributed by atoms with van der Waals surface area (Å²) in [6.07, 6.45) is 5.63. The zero-order valence-corrected chi connectivity index (χ0v) is 15.6. The van der Waals surface area contributed by atoms with Gasteiger partial charge in [-0.3, -0.25) is 9.59 Å². The van der Waals surface area contributed by atoms with Crippen LogP contribution in [0.4, 0.5) is 0 Å². The number of benzene rings is 1. The molecule has 0 aliphatic carbocycles. The number of nitrogens with zero attached hydrogens (tertiary/aromatic N) is 3. The number of hydrogen-bond donors (Lipinski definition) is 0. The van der Waals surface area contributed by atoms with Crippen LogP contribution in [0.3, 0.4) is 0 Å². The molecule has 0 unspecified atom stereocenters. The Kier molecular flexibility index (Phi) is 5.76. The summed E-state index contributed by atoms with van der Waals surface area (Å²) < 4.78 is 1.96. The third-order valence-electron chi connectivity index (χ3n) is 5.05. The summed E-state index contributed by atoms with van der Waals surface area (Å²) in [6.45, 7) is 4.71. The van der Waals surface area contributed by atoms with Crippen LogP contribution in [0.15, 0.2) is 42.7 Å². The normalized spacial score (nSPS) is 15.0. The van der Waals surface area contributed by atoms with Crippen LogP contribution in [0.1, 0.15) is 23.1 Å². The van der Waals surface area contributed by atoms with Crippen LogP contribution in [-0.4, -0.2) is 52.4 Å². The summed E-state index contributed by atoms with van der Waals surface area (Å²) in [6, 6.07) is 10.00. The molecule has 1 saturated heterocycles. The lowest BCUT2D eigenvalue weighted by atomic mass is 10.1. The minimum Gasteiger partial charge on any atom is -0.357 e. The van der Waals surface area contributed by atoms with E-state index in [4.69, 9.17) is 0 Å². The zero-order chi connectivity index (χ0) is 18.5. The summed E-state index contributed by atoms with van der Waals surface area (Å²) in [5, 5.41) is 0. The molecular weight excluding hydrogens is 326 g/mol. The Morgan fingerprint density at radius 1 is 0.923 bits per heavy atom. The second kappa shape index (κ2) is 8.21. The fourth-order valence-corrected chi connectivity index (χ4v) is 3.45. The highest BCUT2D eigenvalue weighted by Gasteiger charge is 2.22. The Hall–Kier alpha value is -2.56. The second-order valence-electron chi connectivity index (χ2n) is 7.08. The van der Waals surface area contributed by atoms with E-state index < -0.39 is 0 Å². The van der Waals surface area contributed by atoms with E-state index in [0.717, 1.165) is 36.2 Å². The van der Waals surface area contributed by atoms with Gasteiger partial charge in [0.05, 0.1) is 12.8 Å². The molecule has 2 aromatic rings. The lowest BCUT2D eigenvalue weighted by Crippen LogP contribution is -2.38. The zero-order valence-electron chi connectivity index (χ0n) is 15.6. The first-order valence-electron chi connectivity index (χ1n) is 9.24. The van der Waals surface area contributed by atoms with E-state index in [0.29, 0.717) is 25.9 Å². The smallest absolute Gasteiger partial charge is 0.227 e. The monoisotopic (exact) mass is 353 g/mol. The average molecular weight is 353 g/mol. The van der Waals surface area contributed by atoms with Crippen molar-refractivity contribution in [1.82, 2.24) is 14.4 Å². The third kappa shape index (κ3) is 4.54. The van der Waals surface area contributed by atoms with Gasteiger partial charge in [-0.1, -0.05) is 24.3 Å². The molecule has 1 aromatic heterocycles. The Morgan fingerprint density at radius 2 is 1.58 bits per heavy atom. The highest BCUT2D eigenvalue weighted by molar-refractivity contribution is 5.80. The van der Waals surface area contributed by atoms with Crippen LogP contribution in [0.5, 0.6) is 0 Å². The molecule has 0 N–H and O–H groups in total. The summed E-state index contributed by atoms with van der Waals surface area (Å²) in [5.74, 6) is 0.293. The standard InChI is InChI=1S/C21H27N3O2/c1-17-6-3-4-7-19(17)15-21(26)24-10-5-9-23(12-13-24)20(25)14-18-8-11-22(2)16-18/h3-4,6-8,11,16H,5,9-10,12-15H2,1-2H3. The third-order valence-corrected chi connectivity index (χ3v) is 5.05. The van der Waals surface area contributed by atoms with Gasteiger partial charge in [-0.2, -0.15) is 0 Å². The molecule has 5 nitrogen and oxygen atoms in total. The van der Waals surface area contributed by atoms with E-state index in [-0.39, 0.29) is 11.8 Å². The fourth-order valence-electron chi connectivity index (χ4n) is 3.45. The number of hydrogen-bond acceptors (Lipinski definition) is 2. The maximum atomic E-state index is 12.7. The fraction of sp³-hybridized carbons (Fsp3) is 0.429. The molecule has 1 aliphatic heterocycles. The predicted molar refractivity (Wildman–Crippen MR) is 102 cm³/mol. The van der Waals surface area contributed by atoms with Crippen molar-refractivity contribution in [3.05, 3.63) is 59.4 Å². The molecule has 0 radical (unpaired) electrons. The van der Waals surface area contributed by atoms with Crippen molar-refractivity contribution in [2.24, 2.45) is 7.05 Å². The summed E-state index contributed by atoms with van der Waals surface area (Å²) in [5.41, 5.74) is 3.27. The van der Waals surface area contributed by atoms with E-state index in [1.54, 1.807) is 0 Å². The number of carbonyl (C=O) groups excluding carboxylic acids is 2. The maximum Gasteiger partial charge on any atom is 0.227 e. The Morgan fingerprint density at radius 3 is 2.19 bits per heavy atom. The molecule has 26 heavy (non-hydrogen) atoms. The highest BCUT2D eigenvalue weighted by Crippen LogP contribution is 2.12. The second-order valence-corrected chi connectivity index (χ2v) is 7.08. The van der Waals surface area contributed by atoms with Gasteiger partial charge in [0, 0.05) is 45.6 Å². The van der Waals surface area contributed by atoms with Gasteiger partial charge >= 0.3 is 0 Å². The largest absolute Gasteiger partial charge is 0.357 e. The first-order valence-corrected chi connectivity index (χ1v) is 9.24. The molecule has 3 rings (SSSR count). The van der Waals surface area contributed by atoms with Crippen molar-refractivity contribution in [3.63, 3.8) is 0 Å². The van der Waals surface area contributed by atoms with E-state index in [2.05, 4.69) is 0 Å². The molecule has 0 saturated carbocycles. The summed E-state index contributed by atoms with van der Waals surface area (Å²) in [4.78, 5) is 29.0. The van der Waals surface area contributed by atoms with Gasteiger partial charge in [-0.15, -0.1) is 0 Å². The molecule has 2 amide bonds. The van der Waals surface area contributed by atoms with Crippen LogP contribution in [0.2, 0.25) is 0 Å². The SMILES string of the molecule is Cc1ccccc1CC(=O)N1CCCN(C(=O)Cc2ccn(C)c2)CC1. The van der Waals surface area contributed by atoms with Crippen LogP contribution in [-0.2, 0) is 29.5 Å². The molecule has 5 heteroatoms. The number of aromatic nitrogens is 1. The molecular formula is C21H27N3O2. The van der Waals surface area contributed by atoms with Crippen molar-refractivity contribution in [2.75, 3.05) is 26.2 Å². The van der Waals surface area contributed by atoms with Gasteiger partial charge in [-0.05, 0) is 36.1 Å². The topological polar surface area (TPSA) is 45.6 Å². The summed E-state index contributed by atoms with van der Waals surface area (Å²) >= 11 is 0. The molecule has 0 bridgehead atoms. The molecule has 0 atom stereocenters. The minimum absolute atomic E-state index is 0.143. The van der Waals surface area contributed by atoms with Crippen molar-refractivity contribution in [3.8, 4) is 0 Å². The van der Waals surface area contributed by atoms with E-state index in [1.807, 2.05) is 71.1 Å². The first kappa shape index (κ1) is 18.2. The van der Waals surface area contributed by atoms with Crippen LogP contribution >= 0.6 is 0 Å². The van der Waals surface area contributed by atoms with E-state index in [1.165, 1.54) is 0 Å². The van der Waals surface area contributed by atoms with Crippen molar-refractivity contribution in [2.45, 2.75) is 26.2 Å². The molecule has 2 heterocycles. The maximum absolute atomic E-state index is 12.7. The number of rotatable bonds is 4.